The van der Waals surface area contributed by atoms with Crippen LogP contribution in [0.3, 0.4) is 0 Å². The molecule has 0 bridgehead atoms. The quantitative estimate of drug-likeness (QED) is 0.0229. The van der Waals surface area contributed by atoms with Crippen molar-refractivity contribution < 1.29 is 56.0 Å². The number of carboxylic acids is 2. The maximum absolute atomic E-state index is 12.6. The van der Waals surface area contributed by atoms with Gasteiger partial charge in [-0.1, -0.05) is 60.7 Å². The number of amides is 4. The van der Waals surface area contributed by atoms with Gasteiger partial charge in [0, 0.05) is 13.1 Å². The summed E-state index contributed by atoms with van der Waals surface area (Å²) < 4.78 is 0. The summed E-state index contributed by atoms with van der Waals surface area (Å²) in [6, 6.07) is 11.5. The molecular formula is C36H54MnN12O8. The van der Waals surface area contributed by atoms with Crippen LogP contribution >= 0.6 is 0 Å². The van der Waals surface area contributed by atoms with Gasteiger partial charge in [0.25, 0.3) is 0 Å². The molecule has 0 unspecified atom stereocenters. The summed E-state index contributed by atoms with van der Waals surface area (Å²) in [5, 5.41) is 52.2. The van der Waals surface area contributed by atoms with Crippen molar-refractivity contribution >= 4 is 47.5 Å². The van der Waals surface area contributed by atoms with Crippen LogP contribution < -0.4 is 65.0 Å². The van der Waals surface area contributed by atoms with Gasteiger partial charge in [0.1, 0.15) is 12.1 Å². The Bertz CT molecular complexity index is 1480. The third-order valence-corrected chi connectivity index (χ3v) is 7.83. The van der Waals surface area contributed by atoms with Gasteiger partial charge in [-0.15, -0.1) is 0 Å². The summed E-state index contributed by atoms with van der Waals surface area (Å²) >= 11 is 0. The van der Waals surface area contributed by atoms with Crippen molar-refractivity contribution in [1.82, 2.24) is 31.9 Å². The average Bonchev–Trinajstić information content (AvgIpc) is 3.13. The zero-order valence-electron chi connectivity index (χ0n) is 31.8. The largest absolute Gasteiger partial charge is 2.00 e. The number of carbonyl (C=O) groups excluding carboxylic acids is 6. The Morgan fingerprint density at radius 1 is 0.561 bits per heavy atom. The van der Waals surface area contributed by atoms with Crippen LogP contribution in [0.2, 0.25) is 0 Å². The van der Waals surface area contributed by atoms with E-state index < -0.39 is 71.8 Å². The van der Waals surface area contributed by atoms with Crippen molar-refractivity contribution in [3.05, 3.63) is 71.8 Å². The smallest absolute Gasteiger partial charge is 0.548 e. The Balaban J connectivity index is 0.00000108. The van der Waals surface area contributed by atoms with Gasteiger partial charge in [0.15, 0.2) is 11.9 Å². The van der Waals surface area contributed by atoms with E-state index in [9.17, 15) is 39.0 Å². The molecule has 0 aliphatic carbocycles. The molecule has 2 rings (SSSR count). The molecule has 1 radical (unpaired) electrons. The molecule has 0 aromatic heterocycles. The predicted octanol–water partition coefficient (Wildman–Crippen LogP) is -4.88. The first kappa shape index (κ1) is 51.2. The topological polar surface area (TPSA) is 372 Å². The Kier molecular flexibility index (Phi) is 25.0. The fraction of sp³-hybridized carbons (Fsp3) is 0.444. The Morgan fingerprint density at radius 2 is 0.860 bits per heavy atom. The van der Waals surface area contributed by atoms with Gasteiger partial charge in [0.2, 0.25) is 23.6 Å². The fourth-order valence-electron chi connectivity index (χ4n) is 4.83. The summed E-state index contributed by atoms with van der Waals surface area (Å²) in [4.78, 5) is 71.9. The van der Waals surface area contributed by atoms with E-state index in [1.54, 1.807) is 60.7 Å². The van der Waals surface area contributed by atoms with Crippen LogP contribution in [0, 0.1) is 10.8 Å². The molecule has 0 aliphatic rings. The van der Waals surface area contributed by atoms with Gasteiger partial charge >= 0.3 is 17.1 Å². The number of carbonyl (C=O) groups is 6. The number of nitrogens with one attached hydrogen (secondary N) is 8. The second-order valence-electron chi connectivity index (χ2n) is 12.8. The normalized spacial score (nSPS) is 13.4. The molecule has 21 heteroatoms. The number of rotatable bonds is 22. The Hall–Kier alpha value is -5.76. The molecule has 6 atom stereocenters. The van der Waals surface area contributed by atoms with Gasteiger partial charge in [0.05, 0.1) is 36.1 Å². The van der Waals surface area contributed by atoms with Crippen molar-refractivity contribution in [3.63, 3.8) is 0 Å². The number of guanidine groups is 2. The maximum atomic E-state index is 12.6. The van der Waals surface area contributed by atoms with E-state index in [4.69, 9.17) is 33.8 Å². The van der Waals surface area contributed by atoms with E-state index in [2.05, 4.69) is 31.9 Å². The summed E-state index contributed by atoms with van der Waals surface area (Å²) in [6.07, 6.45) is 1.33. The summed E-state index contributed by atoms with van der Waals surface area (Å²) in [7, 11) is 0. The summed E-state index contributed by atoms with van der Waals surface area (Å²) in [5.41, 5.74) is 22.9. The zero-order valence-corrected chi connectivity index (χ0v) is 33.0. The van der Waals surface area contributed by atoms with E-state index in [1.165, 1.54) is 13.8 Å². The molecule has 0 aliphatic heterocycles. The van der Waals surface area contributed by atoms with Crippen molar-refractivity contribution in [3.8, 4) is 0 Å². The number of carboxylic acid groups (broad SMARTS) is 2. The molecule has 0 saturated heterocycles. The summed E-state index contributed by atoms with van der Waals surface area (Å²) in [6.45, 7) is 3.59. The minimum absolute atomic E-state index is 0. The van der Waals surface area contributed by atoms with Crippen LogP contribution in [0.25, 0.3) is 0 Å². The Labute approximate surface area is 341 Å². The SMILES string of the molecule is C[C@H](N)C(=O)N[C@@H](CCCNC(=N)N)C(=O)N[C@@H](Cc1ccccc1)C(=O)[O-].C[C@H](N)C(=O)N[C@@H](CCCNC(=N)N)C(=O)N[C@@H](Cc1ccccc1)C(=O)[O-].[Mn+2]. The molecule has 0 fully saturated rings. The second kappa shape index (κ2) is 27.8. The van der Waals surface area contributed by atoms with E-state index in [0.717, 1.165) is 11.1 Å². The number of benzene rings is 2. The number of hydrogen-bond acceptors (Lipinski definition) is 12. The van der Waals surface area contributed by atoms with Crippen LogP contribution in [0.5, 0.6) is 0 Å². The Morgan fingerprint density at radius 3 is 1.12 bits per heavy atom. The predicted molar refractivity (Wildman–Crippen MR) is 204 cm³/mol. The molecule has 0 heterocycles. The van der Waals surface area contributed by atoms with E-state index in [1.807, 2.05) is 0 Å². The number of aliphatic carboxylic acids is 2. The van der Waals surface area contributed by atoms with Crippen molar-refractivity contribution in [2.45, 2.75) is 88.6 Å². The number of hydrogen-bond donors (Lipinski definition) is 12. The minimum atomic E-state index is -1.42. The molecule has 20 nitrogen and oxygen atoms in total. The zero-order chi connectivity index (χ0) is 42.2. The molecule has 57 heavy (non-hydrogen) atoms. The molecule has 0 spiro atoms. The first-order valence-electron chi connectivity index (χ1n) is 17.8. The second-order valence-corrected chi connectivity index (χ2v) is 12.8. The van der Waals surface area contributed by atoms with Crippen LogP contribution in [0.1, 0.15) is 50.7 Å². The monoisotopic (exact) mass is 837 g/mol. The van der Waals surface area contributed by atoms with Crippen molar-refractivity contribution in [1.29, 1.82) is 10.8 Å². The van der Waals surface area contributed by atoms with Crippen LogP contribution in [-0.2, 0) is 58.7 Å². The molecule has 313 valence electrons. The van der Waals surface area contributed by atoms with Gasteiger partial charge in [-0.05, 0) is 63.5 Å². The first-order valence-corrected chi connectivity index (χ1v) is 17.8. The molecule has 16 N–H and O–H groups in total. The van der Waals surface area contributed by atoms with Gasteiger partial charge < -0.3 is 74.6 Å². The van der Waals surface area contributed by atoms with E-state index >= 15 is 0 Å². The van der Waals surface area contributed by atoms with Crippen LogP contribution in [-0.4, -0.2) is 96.8 Å². The van der Waals surface area contributed by atoms with Gasteiger partial charge in [-0.3, -0.25) is 30.0 Å². The fourth-order valence-corrected chi connectivity index (χ4v) is 4.83. The first-order chi connectivity index (χ1) is 26.4. The maximum Gasteiger partial charge on any atom is 2.00 e. The minimum Gasteiger partial charge on any atom is -0.548 e. The molecular weight excluding hydrogens is 783 g/mol. The van der Waals surface area contributed by atoms with Gasteiger partial charge in [-0.25, -0.2) is 0 Å². The molecule has 2 aromatic carbocycles. The van der Waals surface area contributed by atoms with E-state index in [-0.39, 0.29) is 54.7 Å². The van der Waals surface area contributed by atoms with Crippen LogP contribution in [0.15, 0.2) is 60.7 Å². The van der Waals surface area contributed by atoms with E-state index in [0.29, 0.717) is 25.9 Å². The molecule has 4 amide bonds. The molecule has 0 saturated carbocycles. The third-order valence-electron chi connectivity index (χ3n) is 7.83. The van der Waals surface area contributed by atoms with Gasteiger partial charge in [-0.2, -0.15) is 0 Å². The summed E-state index contributed by atoms with van der Waals surface area (Å²) in [5.74, 6) is -5.63. The van der Waals surface area contributed by atoms with Crippen molar-refractivity contribution in [2.75, 3.05) is 13.1 Å². The van der Waals surface area contributed by atoms with Crippen molar-refractivity contribution in [2.24, 2.45) is 22.9 Å². The third kappa shape index (κ3) is 22.4. The van der Waals surface area contributed by atoms with Crippen LogP contribution in [0.4, 0.5) is 0 Å². The standard InChI is InChI=1S/2C18H28N6O4.Mn/c2*1-11(19)15(25)23-13(8-5-9-22-18(20)21)16(26)24-14(17(27)28)10-12-6-3-2-4-7-12;/h2*2-4,6-7,11,13-14H,5,8-10,19H2,1H3,(H,23,25)(H,24,26)(H,27,28)(H4,20,21,22);/q;;+2/p-2/t2*11-,13-,14-;/m00./s1. The average molecular weight is 838 g/mol. The molecule has 2 aromatic rings. The number of nitrogens with two attached hydrogens (primary N) is 4.